The summed E-state index contributed by atoms with van der Waals surface area (Å²) < 4.78 is 0. The number of carbonyl (C=O) groups is 3. The SMILES string of the molecule is CC(=O)SCC1CC(=O)N(c2ncc(C(=O)O)cc2[N+](=O)[O-])C1. The Morgan fingerprint density at radius 3 is 2.83 bits per heavy atom. The van der Waals surface area contributed by atoms with Crippen LogP contribution in [0.25, 0.3) is 0 Å². The molecule has 0 radical (unpaired) electrons. The average Bonchev–Trinajstić information content (AvgIpc) is 2.85. The smallest absolute Gasteiger partial charge is 0.337 e. The second-order valence-corrected chi connectivity index (χ2v) is 6.20. The molecule has 1 atom stereocenters. The first kappa shape index (κ1) is 16.9. The Morgan fingerprint density at radius 1 is 1.57 bits per heavy atom. The van der Waals surface area contributed by atoms with E-state index in [0.29, 0.717) is 5.75 Å². The molecule has 1 fully saturated rings. The second kappa shape index (κ2) is 6.73. The van der Waals surface area contributed by atoms with Crippen molar-refractivity contribution in [2.24, 2.45) is 5.92 Å². The molecule has 1 aromatic heterocycles. The van der Waals surface area contributed by atoms with Crippen molar-refractivity contribution in [2.45, 2.75) is 13.3 Å². The van der Waals surface area contributed by atoms with Crippen LogP contribution in [0.15, 0.2) is 12.3 Å². The Balaban J connectivity index is 2.27. The molecule has 0 bridgehead atoms. The fraction of sp³-hybridized carbons (Fsp3) is 0.385. The standard InChI is InChI=1S/C13H13N3O6S/c1-7(17)23-6-8-2-11(18)15(5-8)12-10(16(21)22)3-9(4-14-12)13(19)20/h3-4,8H,2,5-6H2,1H3,(H,19,20). The minimum absolute atomic E-state index is 0.0641. The van der Waals surface area contributed by atoms with Gasteiger partial charge in [-0.05, 0) is 5.92 Å². The van der Waals surface area contributed by atoms with E-state index in [1.165, 1.54) is 11.8 Å². The zero-order chi connectivity index (χ0) is 17.1. The number of carboxylic acids is 1. The maximum absolute atomic E-state index is 12.1. The van der Waals surface area contributed by atoms with Crippen LogP contribution in [0.2, 0.25) is 0 Å². The normalized spacial score (nSPS) is 17.3. The van der Waals surface area contributed by atoms with Gasteiger partial charge >= 0.3 is 11.7 Å². The number of aromatic nitrogens is 1. The number of hydrogen-bond donors (Lipinski definition) is 1. The molecular formula is C13H13N3O6S. The summed E-state index contributed by atoms with van der Waals surface area (Å²) in [5, 5.41) is 20.0. The molecule has 1 aromatic rings. The molecule has 23 heavy (non-hydrogen) atoms. The number of anilines is 1. The summed E-state index contributed by atoms with van der Waals surface area (Å²) in [5.41, 5.74) is -0.853. The van der Waals surface area contributed by atoms with Gasteiger partial charge in [-0.25, -0.2) is 9.78 Å². The van der Waals surface area contributed by atoms with E-state index in [0.717, 1.165) is 24.0 Å². The minimum atomic E-state index is -1.34. The number of nitrogens with zero attached hydrogens (tertiary/aromatic N) is 3. The van der Waals surface area contributed by atoms with E-state index < -0.39 is 16.6 Å². The Kier molecular flexibility index (Phi) is 4.94. The lowest BCUT2D eigenvalue weighted by Gasteiger charge is -2.15. The fourth-order valence-electron chi connectivity index (χ4n) is 2.24. The quantitative estimate of drug-likeness (QED) is 0.627. The molecule has 1 N–H and O–H groups in total. The Bertz CT molecular complexity index is 692. The number of aromatic carboxylic acids is 1. The fourth-order valence-corrected chi connectivity index (χ4v) is 2.93. The Labute approximate surface area is 134 Å². The van der Waals surface area contributed by atoms with Gasteiger partial charge in [-0.15, -0.1) is 0 Å². The van der Waals surface area contributed by atoms with E-state index in [4.69, 9.17) is 5.11 Å². The lowest BCUT2D eigenvalue weighted by atomic mass is 10.1. The third kappa shape index (κ3) is 3.83. The van der Waals surface area contributed by atoms with Gasteiger partial charge < -0.3 is 5.11 Å². The van der Waals surface area contributed by atoms with E-state index in [-0.39, 0.29) is 41.3 Å². The predicted octanol–water partition coefficient (Wildman–Crippen LogP) is 1.32. The topological polar surface area (TPSA) is 131 Å². The minimum Gasteiger partial charge on any atom is -0.478 e. The molecule has 2 heterocycles. The highest BCUT2D eigenvalue weighted by Gasteiger charge is 2.35. The van der Waals surface area contributed by atoms with E-state index in [1.807, 2.05) is 0 Å². The van der Waals surface area contributed by atoms with Crippen LogP contribution >= 0.6 is 11.8 Å². The van der Waals surface area contributed by atoms with Crippen molar-refractivity contribution in [3.8, 4) is 0 Å². The number of nitro groups is 1. The van der Waals surface area contributed by atoms with E-state index in [2.05, 4.69) is 4.98 Å². The Morgan fingerprint density at radius 2 is 2.26 bits per heavy atom. The molecule has 0 aromatic carbocycles. The first-order chi connectivity index (χ1) is 10.8. The van der Waals surface area contributed by atoms with Crippen molar-refractivity contribution in [1.29, 1.82) is 0 Å². The van der Waals surface area contributed by atoms with Gasteiger partial charge in [0.05, 0.1) is 10.5 Å². The summed E-state index contributed by atoms with van der Waals surface area (Å²) in [6, 6.07) is 0.885. The summed E-state index contributed by atoms with van der Waals surface area (Å²) in [5.74, 6) is -1.51. The van der Waals surface area contributed by atoms with Crippen LogP contribution in [0.4, 0.5) is 11.5 Å². The predicted molar refractivity (Wildman–Crippen MR) is 81.4 cm³/mol. The van der Waals surface area contributed by atoms with Crippen LogP contribution in [-0.4, -0.2) is 44.3 Å². The third-order valence-corrected chi connectivity index (χ3v) is 4.32. The third-order valence-electron chi connectivity index (χ3n) is 3.27. The van der Waals surface area contributed by atoms with Crippen LogP contribution in [0.5, 0.6) is 0 Å². The van der Waals surface area contributed by atoms with Gasteiger partial charge in [0, 0.05) is 37.9 Å². The van der Waals surface area contributed by atoms with Gasteiger partial charge in [0.2, 0.25) is 11.7 Å². The maximum atomic E-state index is 12.1. The molecule has 10 heteroatoms. The molecule has 1 unspecified atom stereocenters. The van der Waals surface area contributed by atoms with Crippen molar-refractivity contribution < 1.29 is 24.4 Å². The summed E-state index contributed by atoms with van der Waals surface area (Å²) in [7, 11) is 0. The van der Waals surface area contributed by atoms with E-state index in [9.17, 15) is 24.5 Å². The van der Waals surface area contributed by atoms with Crippen molar-refractivity contribution in [3.63, 3.8) is 0 Å². The number of pyridine rings is 1. The van der Waals surface area contributed by atoms with Crippen molar-refractivity contribution in [3.05, 3.63) is 27.9 Å². The molecule has 2 rings (SSSR count). The maximum Gasteiger partial charge on any atom is 0.337 e. The number of rotatable bonds is 5. The molecule has 122 valence electrons. The molecule has 1 aliphatic rings. The van der Waals surface area contributed by atoms with Gasteiger partial charge in [0.25, 0.3) is 0 Å². The van der Waals surface area contributed by atoms with Crippen LogP contribution < -0.4 is 4.90 Å². The van der Waals surface area contributed by atoms with Crippen LogP contribution in [0, 0.1) is 16.0 Å². The van der Waals surface area contributed by atoms with Crippen LogP contribution in [0.3, 0.4) is 0 Å². The molecule has 9 nitrogen and oxygen atoms in total. The average molecular weight is 339 g/mol. The molecule has 1 amide bonds. The number of carbonyl (C=O) groups excluding carboxylic acids is 2. The second-order valence-electron chi connectivity index (χ2n) is 5.01. The van der Waals surface area contributed by atoms with E-state index in [1.54, 1.807) is 0 Å². The number of amides is 1. The van der Waals surface area contributed by atoms with Gasteiger partial charge in [0.15, 0.2) is 5.12 Å². The highest BCUT2D eigenvalue weighted by Crippen LogP contribution is 2.32. The zero-order valence-corrected chi connectivity index (χ0v) is 12.9. The highest BCUT2D eigenvalue weighted by atomic mass is 32.2. The van der Waals surface area contributed by atoms with E-state index >= 15 is 0 Å². The molecule has 1 aliphatic heterocycles. The highest BCUT2D eigenvalue weighted by molar-refractivity contribution is 8.13. The summed E-state index contributed by atoms with van der Waals surface area (Å²) in [4.78, 5) is 49.3. The van der Waals surface area contributed by atoms with Crippen LogP contribution in [0.1, 0.15) is 23.7 Å². The first-order valence-corrected chi connectivity index (χ1v) is 7.59. The first-order valence-electron chi connectivity index (χ1n) is 6.61. The van der Waals surface area contributed by atoms with Gasteiger partial charge in [-0.2, -0.15) is 0 Å². The van der Waals surface area contributed by atoms with Crippen molar-refractivity contribution in [1.82, 2.24) is 4.98 Å². The molecule has 1 saturated heterocycles. The lowest BCUT2D eigenvalue weighted by Crippen LogP contribution is -2.27. The van der Waals surface area contributed by atoms with Gasteiger partial charge in [0.1, 0.15) is 0 Å². The summed E-state index contributed by atoms with van der Waals surface area (Å²) in [6.07, 6.45) is 1.15. The number of carboxylic acid groups (broad SMARTS) is 1. The van der Waals surface area contributed by atoms with Crippen molar-refractivity contribution >= 4 is 40.3 Å². The van der Waals surface area contributed by atoms with Gasteiger partial charge in [-0.3, -0.25) is 24.6 Å². The summed E-state index contributed by atoms with van der Waals surface area (Å²) >= 11 is 1.09. The van der Waals surface area contributed by atoms with Crippen LogP contribution in [-0.2, 0) is 9.59 Å². The number of hydrogen-bond acceptors (Lipinski definition) is 7. The molecule has 0 spiro atoms. The van der Waals surface area contributed by atoms with Gasteiger partial charge in [-0.1, -0.05) is 11.8 Å². The molecule has 0 aliphatic carbocycles. The number of thioether (sulfide) groups is 1. The van der Waals surface area contributed by atoms with Crippen molar-refractivity contribution in [2.75, 3.05) is 17.2 Å². The zero-order valence-electron chi connectivity index (χ0n) is 12.1. The Hall–Kier alpha value is -2.49. The molecule has 0 saturated carbocycles. The summed E-state index contributed by atoms with van der Waals surface area (Å²) in [6.45, 7) is 1.63. The molecular weight excluding hydrogens is 326 g/mol. The monoisotopic (exact) mass is 339 g/mol. The largest absolute Gasteiger partial charge is 0.478 e. The lowest BCUT2D eigenvalue weighted by molar-refractivity contribution is -0.384.